The van der Waals surface area contributed by atoms with Crippen molar-refractivity contribution in [1.82, 2.24) is 20.0 Å². The molecule has 0 amide bonds. The third kappa shape index (κ3) is 2.20. The molecule has 0 fully saturated rings. The van der Waals surface area contributed by atoms with Gasteiger partial charge in [-0.1, -0.05) is 0 Å². The van der Waals surface area contributed by atoms with Crippen LogP contribution in [0.3, 0.4) is 0 Å². The van der Waals surface area contributed by atoms with Crippen molar-refractivity contribution in [1.29, 1.82) is 5.41 Å². The van der Waals surface area contributed by atoms with Gasteiger partial charge in [-0.2, -0.15) is 10.2 Å². The van der Waals surface area contributed by atoms with Crippen LogP contribution in [0.5, 0.6) is 0 Å². The first-order chi connectivity index (χ1) is 8.39. The van der Waals surface area contributed by atoms with Crippen LogP contribution in [-0.4, -0.2) is 40.5 Å². The van der Waals surface area contributed by atoms with Gasteiger partial charge in [0.05, 0.1) is 24.2 Å². The summed E-state index contributed by atoms with van der Waals surface area (Å²) in [7, 11) is -3.34. The number of nitrogens with zero attached hydrogens (tertiary/aromatic N) is 4. The third-order valence-electron chi connectivity index (χ3n) is 2.20. The predicted molar refractivity (Wildman–Crippen MR) is 63.3 cm³/mol. The molecule has 0 aromatic carbocycles. The van der Waals surface area contributed by atoms with E-state index in [1.807, 2.05) is 0 Å². The Kier molecular flexibility index (Phi) is 2.83. The Balaban J connectivity index is 2.57. The summed E-state index contributed by atoms with van der Waals surface area (Å²) in [5.41, 5.74) is 5.73. The van der Waals surface area contributed by atoms with E-state index in [0.717, 1.165) is 6.26 Å². The number of amidine groups is 1. The maximum atomic E-state index is 11.3. The smallest absolute Gasteiger partial charge is 0.186 e. The fraction of sp³-hybridized carbons (Fsp3) is 0.111. The molecule has 0 saturated carbocycles. The standard InChI is InChI=1S/C9H10N6O2S/c1-18(16,17)6-4-13-15(5-6)9-7(8(10)11)2-3-12-14-9/h2-5H,1H3,(H3,10,11). The highest BCUT2D eigenvalue weighted by Crippen LogP contribution is 2.12. The van der Waals surface area contributed by atoms with Crippen molar-refractivity contribution < 1.29 is 8.42 Å². The van der Waals surface area contributed by atoms with Crippen LogP contribution >= 0.6 is 0 Å². The van der Waals surface area contributed by atoms with E-state index in [4.69, 9.17) is 11.1 Å². The molecule has 8 nitrogen and oxygen atoms in total. The van der Waals surface area contributed by atoms with E-state index in [-0.39, 0.29) is 16.5 Å². The van der Waals surface area contributed by atoms with Crippen LogP contribution in [0.15, 0.2) is 29.6 Å². The largest absolute Gasteiger partial charge is 0.384 e. The third-order valence-corrected chi connectivity index (χ3v) is 3.26. The fourth-order valence-corrected chi connectivity index (χ4v) is 1.85. The second-order valence-corrected chi connectivity index (χ2v) is 5.59. The minimum Gasteiger partial charge on any atom is -0.384 e. The van der Waals surface area contributed by atoms with Crippen molar-refractivity contribution in [3.8, 4) is 5.82 Å². The van der Waals surface area contributed by atoms with Crippen molar-refractivity contribution in [2.24, 2.45) is 5.73 Å². The van der Waals surface area contributed by atoms with Crippen LogP contribution in [-0.2, 0) is 9.84 Å². The number of aromatic nitrogens is 4. The van der Waals surface area contributed by atoms with Gasteiger partial charge in [-0.05, 0) is 6.07 Å². The van der Waals surface area contributed by atoms with Gasteiger partial charge in [0.2, 0.25) is 0 Å². The van der Waals surface area contributed by atoms with Gasteiger partial charge in [-0.3, -0.25) is 5.41 Å². The van der Waals surface area contributed by atoms with Crippen LogP contribution in [0.25, 0.3) is 5.82 Å². The zero-order valence-electron chi connectivity index (χ0n) is 9.40. The highest BCUT2D eigenvalue weighted by atomic mass is 32.2. The zero-order valence-corrected chi connectivity index (χ0v) is 10.2. The van der Waals surface area contributed by atoms with Gasteiger partial charge in [0.25, 0.3) is 0 Å². The summed E-state index contributed by atoms with van der Waals surface area (Å²) < 4.78 is 23.9. The zero-order chi connectivity index (χ0) is 13.3. The highest BCUT2D eigenvalue weighted by Gasteiger charge is 2.14. The van der Waals surface area contributed by atoms with Crippen molar-refractivity contribution in [3.05, 3.63) is 30.2 Å². The summed E-state index contributed by atoms with van der Waals surface area (Å²) in [6.45, 7) is 0. The lowest BCUT2D eigenvalue weighted by atomic mass is 10.2. The number of hydrogen-bond acceptors (Lipinski definition) is 6. The summed E-state index contributed by atoms with van der Waals surface area (Å²) in [5.74, 6) is 0.0104. The van der Waals surface area contributed by atoms with Crippen LogP contribution in [0.2, 0.25) is 0 Å². The van der Waals surface area contributed by atoms with E-state index in [9.17, 15) is 8.42 Å². The van der Waals surface area contributed by atoms with Gasteiger partial charge in [0, 0.05) is 6.26 Å². The predicted octanol–water partition coefficient (Wildman–Crippen LogP) is -0.650. The Morgan fingerprint density at radius 3 is 2.78 bits per heavy atom. The molecule has 0 aliphatic carbocycles. The highest BCUT2D eigenvalue weighted by molar-refractivity contribution is 7.90. The topological polar surface area (TPSA) is 128 Å². The van der Waals surface area contributed by atoms with E-state index in [1.54, 1.807) is 0 Å². The lowest BCUT2D eigenvalue weighted by Crippen LogP contribution is -2.16. The number of rotatable bonds is 3. The second-order valence-electron chi connectivity index (χ2n) is 3.57. The van der Waals surface area contributed by atoms with Crippen LogP contribution in [0, 0.1) is 5.41 Å². The quantitative estimate of drug-likeness (QED) is 0.561. The molecule has 0 unspecified atom stereocenters. The Morgan fingerprint density at radius 2 is 2.22 bits per heavy atom. The van der Waals surface area contributed by atoms with Crippen LogP contribution < -0.4 is 5.73 Å². The SMILES string of the molecule is CS(=O)(=O)c1cnn(-c2nnccc2C(=N)N)c1. The van der Waals surface area contributed by atoms with E-state index in [0.29, 0.717) is 5.56 Å². The average molecular weight is 266 g/mol. The monoisotopic (exact) mass is 266 g/mol. The molecule has 2 heterocycles. The van der Waals surface area contributed by atoms with Crippen LogP contribution in [0.4, 0.5) is 0 Å². The van der Waals surface area contributed by atoms with Gasteiger partial charge in [0.15, 0.2) is 15.7 Å². The maximum Gasteiger partial charge on any atom is 0.186 e. The molecule has 0 aliphatic rings. The van der Waals surface area contributed by atoms with Crippen molar-refractivity contribution in [3.63, 3.8) is 0 Å². The Hall–Kier alpha value is -2.29. The number of nitrogens with one attached hydrogen (secondary N) is 1. The van der Waals surface area contributed by atoms with E-state index in [1.165, 1.54) is 29.3 Å². The molecule has 0 atom stereocenters. The first-order valence-electron chi connectivity index (χ1n) is 4.81. The van der Waals surface area contributed by atoms with Crippen molar-refractivity contribution in [2.75, 3.05) is 6.26 Å². The number of nitrogens with two attached hydrogens (primary N) is 1. The molecule has 2 aromatic rings. The van der Waals surface area contributed by atoms with E-state index in [2.05, 4.69) is 15.3 Å². The molecule has 94 valence electrons. The van der Waals surface area contributed by atoms with Gasteiger partial charge >= 0.3 is 0 Å². The molecule has 0 spiro atoms. The molecule has 0 saturated heterocycles. The minimum absolute atomic E-state index is 0.0580. The average Bonchev–Trinajstić information content (AvgIpc) is 2.77. The maximum absolute atomic E-state index is 11.3. The van der Waals surface area contributed by atoms with Gasteiger partial charge in [-0.15, -0.1) is 5.10 Å². The molecular weight excluding hydrogens is 256 g/mol. The molecule has 3 N–H and O–H groups in total. The molecule has 2 aromatic heterocycles. The summed E-state index contributed by atoms with van der Waals surface area (Å²) >= 11 is 0. The molecule has 0 aliphatic heterocycles. The fourth-order valence-electron chi connectivity index (χ4n) is 1.32. The number of hydrogen-bond donors (Lipinski definition) is 2. The first kappa shape index (κ1) is 12.2. The van der Waals surface area contributed by atoms with Crippen LogP contribution in [0.1, 0.15) is 5.56 Å². The molecule has 9 heteroatoms. The number of sulfone groups is 1. The molecular formula is C9H10N6O2S. The first-order valence-corrected chi connectivity index (χ1v) is 6.70. The van der Waals surface area contributed by atoms with E-state index < -0.39 is 9.84 Å². The molecule has 0 radical (unpaired) electrons. The van der Waals surface area contributed by atoms with Gasteiger partial charge < -0.3 is 5.73 Å². The molecule has 0 bridgehead atoms. The second kappa shape index (κ2) is 4.18. The van der Waals surface area contributed by atoms with Crippen molar-refractivity contribution in [2.45, 2.75) is 4.90 Å². The number of nitrogen functional groups attached to an aromatic ring is 1. The van der Waals surface area contributed by atoms with Crippen molar-refractivity contribution >= 4 is 15.7 Å². The Morgan fingerprint density at radius 1 is 1.50 bits per heavy atom. The molecule has 2 rings (SSSR count). The normalized spacial score (nSPS) is 11.4. The van der Waals surface area contributed by atoms with Gasteiger partial charge in [0.1, 0.15) is 10.7 Å². The summed E-state index contributed by atoms with van der Waals surface area (Å²) in [4.78, 5) is 0.0580. The minimum atomic E-state index is -3.34. The van der Waals surface area contributed by atoms with E-state index >= 15 is 0 Å². The molecule has 18 heavy (non-hydrogen) atoms. The Labute approximate surface area is 103 Å². The van der Waals surface area contributed by atoms with Gasteiger partial charge in [-0.25, -0.2) is 13.1 Å². The lowest BCUT2D eigenvalue weighted by molar-refractivity contribution is 0.602. The summed E-state index contributed by atoms with van der Waals surface area (Å²) in [6, 6.07) is 1.51. The lowest BCUT2D eigenvalue weighted by Gasteiger charge is -2.04. The summed E-state index contributed by atoms with van der Waals surface area (Å²) in [5, 5.41) is 18.7. The summed E-state index contributed by atoms with van der Waals surface area (Å²) in [6.07, 6.45) is 4.97. The Bertz CT molecular complexity index is 705.